The number of aromatic hydroxyl groups is 1. The van der Waals surface area contributed by atoms with E-state index in [0.29, 0.717) is 68.8 Å². The Labute approximate surface area is 316 Å². The largest absolute Gasteiger partial charge is 0.508 e. The normalized spacial score (nSPS) is 23.1. The number of hydrogen-bond acceptors (Lipinski definition) is 9. The molecule has 0 bridgehead atoms. The van der Waals surface area contributed by atoms with Gasteiger partial charge in [0, 0.05) is 63.8 Å². The third kappa shape index (κ3) is 11.4. The van der Waals surface area contributed by atoms with Crippen molar-refractivity contribution in [1.29, 1.82) is 0 Å². The fourth-order valence-corrected chi connectivity index (χ4v) is 6.78. The van der Waals surface area contributed by atoms with Crippen LogP contribution in [0.4, 0.5) is 14.9 Å². The van der Waals surface area contributed by atoms with E-state index in [9.17, 15) is 24.6 Å². The molecular weight excluding hydrogens is 693 g/mol. The number of esters is 1. The Balaban J connectivity index is 1.24. The molecule has 2 aromatic carbocycles. The minimum atomic E-state index is -0.941. The van der Waals surface area contributed by atoms with Crippen molar-refractivity contribution in [3.8, 4) is 5.75 Å². The molecule has 0 unspecified atom stereocenters. The van der Waals surface area contributed by atoms with E-state index in [-0.39, 0.29) is 42.9 Å². The number of phenols is 1. The van der Waals surface area contributed by atoms with E-state index in [1.54, 1.807) is 59.4 Å². The number of hydrogen-bond donors (Lipinski definition) is 2. The lowest BCUT2D eigenvalue weighted by Gasteiger charge is -2.36. The van der Waals surface area contributed by atoms with E-state index < -0.39 is 36.2 Å². The monoisotopic (exact) mass is 745 g/mol. The van der Waals surface area contributed by atoms with Crippen molar-refractivity contribution >= 4 is 23.7 Å². The molecule has 2 aliphatic rings. The molecule has 54 heavy (non-hydrogen) atoms. The van der Waals surface area contributed by atoms with Gasteiger partial charge in [-0.2, -0.15) is 5.10 Å². The van der Waals surface area contributed by atoms with Gasteiger partial charge < -0.3 is 34.4 Å². The highest BCUT2D eigenvalue weighted by atomic mass is 19.1. The van der Waals surface area contributed by atoms with Crippen molar-refractivity contribution < 1.29 is 38.5 Å². The van der Waals surface area contributed by atoms with Gasteiger partial charge in [0.05, 0.1) is 12.5 Å². The molecule has 12 nitrogen and oxygen atoms in total. The predicted molar refractivity (Wildman–Crippen MR) is 202 cm³/mol. The number of phenolic OH excluding ortho intramolecular Hbond substituents is 1. The number of aliphatic hydroxyl groups excluding tert-OH is 1. The number of likely N-dealkylation sites (N-methyl/N-ethyl adjacent to an activating group) is 1. The molecular formula is C41H52FN5O7. The lowest BCUT2D eigenvalue weighted by molar-refractivity contribution is -0.151. The maximum absolute atomic E-state index is 15.1. The summed E-state index contributed by atoms with van der Waals surface area (Å²) < 4.78 is 28.5. The highest BCUT2D eigenvalue weighted by molar-refractivity contribution is 5.76. The number of anilines is 1. The molecule has 1 aromatic heterocycles. The predicted octanol–water partition coefficient (Wildman–Crippen LogP) is 5.14. The van der Waals surface area contributed by atoms with Crippen LogP contribution in [-0.4, -0.2) is 106 Å². The second-order valence-electron chi connectivity index (χ2n) is 14.5. The van der Waals surface area contributed by atoms with Crippen LogP contribution in [0.1, 0.15) is 44.2 Å². The zero-order chi connectivity index (χ0) is 38.8. The molecule has 0 aliphatic carbocycles. The number of nitrogens with zero attached hydrogens (tertiary/aromatic N) is 5. The first kappa shape index (κ1) is 40.0. The van der Waals surface area contributed by atoms with Crippen LogP contribution in [0.3, 0.4) is 0 Å². The summed E-state index contributed by atoms with van der Waals surface area (Å²) in [6.45, 7) is 10.7. The summed E-state index contributed by atoms with van der Waals surface area (Å²) >= 11 is 0. The number of carbonyl (C=O) groups excluding carboxylic acids is 3. The van der Waals surface area contributed by atoms with Crippen LogP contribution in [0, 0.1) is 17.7 Å². The van der Waals surface area contributed by atoms with E-state index in [4.69, 9.17) is 9.47 Å². The highest BCUT2D eigenvalue weighted by Gasteiger charge is 2.29. The number of aromatic nitrogens is 2. The number of amides is 2. The molecule has 2 N–H and O–H groups in total. The summed E-state index contributed by atoms with van der Waals surface area (Å²) in [5, 5.41) is 24.4. The van der Waals surface area contributed by atoms with Crippen molar-refractivity contribution in [2.45, 2.75) is 70.8 Å². The van der Waals surface area contributed by atoms with Crippen LogP contribution in [0.5, 0.6) is 5.75 Å². The lowest BCUT2D eigenvalue weighted by Crippen LogP contribution is -2.49. The Morgan fingerprint density at radius 1 is 1.06 bits per heavy atom. The van der Waals surface area contributed by atoms with Crippen LogP contribution in [0.25, 0.3) is 0 Å². The molecule has 0 saturated carbocycles. The Hall–Kier alpha value is -5.17. The van der Waals surface area contributed by atoms with Crippen molar-refractivity contribution in [2.75, 3.05) is 44.7 Å². The maximum Gasteiger partial charge on any atom is 0.410 e. The maximum atomic E-state index is 15.1. The molecule has 1 saturated heterocycles. The topological polar surface area (TPSA) is 138 Å². The minimum absolute atomic E-state index is 0.0231. The standard InChI is InChI=1S/C41H52FN5O7/c1-28-6-10-36(49)26-39(51)54-40(29(2)7-13-37(28)53-41(52)44(4)17-14-31-8-11-35(48)12-9-31)30(3)22-32-23-33(42)25-34(24-32)45-18-20-46(21-19-45)38(50)27-47-16-5-15-43-47/h5,7-9,11-13,15-16,23-25,28-29,36-37,40,48-49H,3,6,10,14,17-22,26-27H2,1-2,4H3/b13-7+/t28-,29-,36+,37-,40-/m0/s1. The van der Waals surface area contributed by atoms with Gasteiger partial charge in [0.25, 0.3) is 0 Å². The van der Waals surface area contributed by atoms with Crippen molar-refractivity contribution in [2.24, 2.45) is 11.8 Å². The number of carbonyl (C=O) groups is 3. The van der Waals surface area contributed by atoms with Gasteiger partial charge >= 0.3 is 12.1 Å². The molecule has 1 fully saturated rings. The summed E-state index contributed by atoms with van der Waals surface area (Å²) in [6, 6.07) is 13.4. The fourth-order valence-electron chi connectivity index (χ4n) is 6.78. The van der Waals surface area contributed by atoms with Gasteiger partial charge in [-0.15, -0.1) is 0 Å². The molecule has 3 aromatic rings. The van der Waals surface area contributed by atoms with Crippen molar-refractivity contribution in [1.82, 2.24) is 19.6 Å². The number of benzene rings is 2. The quantitative estimate of drug-likeness (QED) is 0.214. The first-order valence-electron chi connectivity index (χ1n) is 18.6. The molecule has 2 aliphatic heterocycles. The zero-order valence-corrected chi connectivity index (χ0v) is 31.3. The Morgan fingerprint density at radius 3 is 2.50 bits per heavy atom. The van der Waals surface area contributed by atoms with Crippen LogP contribution < -0.4 is 4.90 Å². The smallest absolute Gasteiger partial charge is 0.410 e. The zero-order valence-electron chi connectivity index (χ0n) is 31.3. The van der Waals surface area contributed by atoms with Crippen molar-refractivity contribution in [3.63, 3.8) is 0 Å². The number of halogens is 1. The molecule has 0 spiro atoms. The van der Waals surface area contributed by atoms with Crippen LogP contribution in [0.15, 0.2) is 85.2 Å². The number of cyclic esters (lactones) is 1. The number of rotatable bonds is 10. The molecule has 5 atom stereocenters. The number of aliphatic hydroxyl groups is 1. The second kappa shape index (κ2) is 18.7. The van der Waals surface area contributed by atoms with Gasteiger partial charge in [-0.05, 0) is 90.8 Å². The first-order valence-corrected chi connectivity index (χ1v) is 18.6. The van der Waals surface area contributed by atoms with E-state index >= 15 is 4.39 Å². The SMILES string of the molecule is C=C(Cc1cc(F)cc(N2CCN(C(=O)Cn3cccn3)CC2)c1)[C@H]1OC(=O)C[C@H](O)CC[C@H](C)[C@@H](OC(=O)N(C)CCc2ccc(O)cc2)/C=C/[C@@H]1C. The van der Waals surface area contributed by atoms with Gasteiger partial charge in [-0.3, -0.25) is 14.3 Å². The Bertz CT molecular complexity index is 1760. The molecule has 290 valence electrons. The van der Waals surface area contributed by atoms with Gasteiger partial charge in [-0.1, -0.05) is 38.6 Å². The number of piperazine rings is 1. The van der Waals surface area contributed by atoms with E-state index in [2.05, 4.69) is 11.7 Å². The third-order valence-electron chi connectivity index (χ3n) is 10.1. The summed E-state index contributed by atoms with van der Waals surface area (Å²) in [4.78, 5) is 44.3. The average Bonchev–Trinajstić information content (AvgIpc) is 3.66. The summed E-state index contributed by atoms with van der Waals surface area (Å²) in [6.07, 6.45) is 5.65. The van der Waals surface area contributed by atoms with E-state index in [1.807, 2.05) is 37.0 Å². The Morgan fingerprint density at radius 2 is 1.80 bits per heavy atom. The second-order valence-corrected chi connectivity index (χ2v) is 14.5. The van der Waals surface area contributed by atoms with Gasteiger partial charge in [0.2, 0.25) is 5.91 Å². The lowest BCUT2D eigenvalue weighted by atomic mass is 9.90. The highest BCUT2D eigenvalue weighted by Crippen LogP contribution is 2.28. The average molecular weight is 746 g/mol. The molecule has 13 heteroatoms. The van der Waals surface area contributed by atoms with Crippen LogP contribution in [-0.2, 0) is 38.4 Å². The summed E-state index contributed by atoms with van der Waals surface area (Å²) in [7, 11) is 1.67. The molecule has 0 radical (unpaired) electrons. The van der Waals surface area contributed by atoms with Crippen LogP contribution in [0.2, 0.25) is 0 Å². The van der Waals surface area contributed by atoms with Crippen LogP contribution >= 0.6 is 0 Å². The fraction of sp³-hybridized carbons (Fsp3) is 0.463. The molecule has 2 amide bonds. The molecule has 3 heterocycles. The summed E-state index contributed by atoms with van der Waals surface area (Å²) in [5.74, 6) is -1.36. The van der Waals surface area contributed by atoms with Gasteiger partial charge in [-0.25, -0.2) is 9.18 Å². The van der Waals surface area contributed by atoms with E-state index in [1.165, 1.54) is 17.0 Å². The van der Waals surface area contributed by atoms with Crippen molar-refractivity contribution in [3.05, 3.63) is 102 Å². The Kier molecular flexibility index (Phi) is 13.9. The van der Waals surface area contributed by atoms with E-state index in [0.717, 1.165) is 5.56 Å². The number of ether oxygens (including phenoxy) is 2. The van der Waals surface area contributed by atoms with Gasteiger partial charge in [0.1, 0.15) is 30.3 Å². The third-order valence-corrected chi connectivity index (χ3v) is 10.1. The molecule has 5 rings (SSSR count). The first-order chi connectivity index (χ1) is 25.8. The summed E-state index contributed by atoms with van der Waals surface area (Å²) in [5.41, 5.74) is 2.86. The van der Waals surface area contributed by atoms with Gasteiger partial charge in [0.15, 0.2) is 0 Å². The minimum Gasteiger partial charge on any atom is -0.508 e.